The third kappa shape index (κ3) is 3.46. The topological polar surface area (TPSA) is 78.0 Å². The van der Waals surface area contributed by atoms with Crippen LogP contribution in [-0.4, -0.2) is 21.0 Å². The Morgan fingerprint density at radius 3 is 2.58 bits per heavy atom. The maximum atomic E-state index is 12.3. The molecule has 0 saturated heterocycles. The van der Waals surface area contributed by atoms with Crippen LogP contribution in [0.1, 0.15) is 37.7 Å². The molecule has 3 N–H and O–H groups in total. The van der Waals surface area contributed by atoms with E-state index in [4.69, 9.17) is 0 Å². The van der Waals surface area contributed by atoms with Crippen LogP contribution in [0.25, 0.3) is 11.0 Å². The number of H-pyrrole nitrogens is 1. The summed E-state index contributed by atoms with van der Waals surface area (Å²) in [7, 11) is 0. The highest BCUT2D eigenvalue weighted by atomic mass is 16.3. The van der Waals surface area contributed by atoms with Crippen molar-refractivity contribution in [1.29, 1.82) is 0 Å². The highest BCUT2D eigenvalue weighted by molar-refractivity contribution is 5.78. The Kier molecular flexibility index (Phi) is 4.36. The number of hydrogen-bond acceptors (Lipinski definition) is 3. The van der Waals surface area contributed by atoms with E-state index < -0.39 is 5.60 Å². The molecule has 24 heavy (non-hydrogen) atoms. The molecule has 1 amide bonds. The van der Waals surface area contributed by atoms with Gasteiger partial charge in [-0.3, -0.25) is 4.79 Å². The summed E-state index contributed by atoms with van der Waals surface area (Å²) >= 11 is 0. The Morgan fingerprint density at radius 1 is 1.21 bits per heavy atom. The van der Waals surface area contributed by atoms with E-state index in [0.717, 1.165) is 16.6 Å². The largest absolute Gasteiger partial charge is 0.385 e. The van der Waals surface area contributed by atoms with E-state index in [0.29, 0.717) is 5.82 Å². The SMILES string of the molecule is CC(NC(=O)CC(C)(O)c1ccccc1)c1nc2ccccc2[nH]1. The van der Waals surface area contributed by atoms with E-state index >= 15 is 0 Å². The molecule has 0 saturated carbocycles. The van der Waals surface area contributed by atoms with Gasteiger partial charge in [-0.25, -0.2) is 4.98 Å². The molecule has 3 aromatic rings. The fourth-order valence-corrected chi connectivity index (χ4v) is 2.75. The number of carbonyl (C=O) groups is 1. The highest BCUT2D eigenvalue weighted by Crippen LogP contribution is 2.24. The molecule has 2 unspecified atom stereocenters. The molecule has 1 heterocycles. The number of imidazole rings is 1. The van der Waals surface area contributed by atoms with Crippen LogP contribution in [0, 0.1) is 0 Å². The Morgan fingerprint density at radius 2 is 1.88 bits per heavy atom. The van der Waals surface area contributed by atoms with Gasteiger partial charge in [0.25, 0.3) is 0 Å². The first-order valence-corrected chi connectivity index (χ1v) is 7.97. The van der Waals surface area contributed by atoms with E-state index in [1.165, 1.54) is 0 Å². The second-order valence-corrected chi connectivity index (χ2v) is 6.25. The molecule has 0 aliphatic carbocycles. The van der Waals surface area contributed by atoms with Crippen LogP contribution in [0.15, 0.2) is 54.6 Å². The number of benzene rings is 2. The lowest BCUT2D eigenvalue weighted by molar-refractivity contribution is -0.126. The number of para-hydroxylation sites is 2. The summed E-state index contributed by atoms with van der Waals surface area (Å²) < 4.78 is 0. The Hall–Kier alpha value is -2.66. The molecule has 0 spiro atoms. The van der Waals surface area contributed by atoms with Crippen LogP contribution in [-0.2, 0) is 10.4 Å². The molecule has 1 aromatic heterocycles. The van der Waals surface area contributed by atoms with Gasteiger partial charge in [0.05, 0.1) is 29.1 Å². The molecule has 0 aliphatic heterocycles. The molecular formula is C19H21N3O2. The standard InChI is InChI=1S/C19H21N3O2/c1-13(18-21-15-10-6-7-11-16(15)22-18)20-17(23)12-19(2,24)14-8-4-3-5-9-14/h3-11,13,24H,12H2,1-2H3,(H,20,23)(H,21,22). The number of fused-ring (bicyclic) bond motifs is 1. The minimum atomic E-state index is -1.21. The zero-order chi connectivity index (χ0) is 17.2. The summed E-state index contributed by atoms with van der Waals surface area (Å²) in [5.74, 6) is 0.473. The van der Waals surface area contributed by atoms with E-state index in [-0.39, 0.29) is 18.4 Å². The predicted octanol–water partition coefficient (Wildman–Crippen LogP) is 3.04. The number of hydrogen-bond donors (Lipinski definition) is 3. The van der Waals surface area contributed by atoms with Gasteiger partial charge < -0.3 is 15.4 Å². The van der Waals surface area contributed by atoms with Crippen LogP contribution in [0.3, 0.4) is 0 Å². The number of aromatic amines is 1. The van der Waals surface area contributed by atoms with Gasteiger partial charge in [-0.05, 0) is 31.5 Å². The van der Waals surface area contributed by atoms with Crippen LogP contribution in [0.2, 0.25) is 0 Å². The molecule has 0 bridgehead atoms. The summed E-state index contributed by atoms with van der Waals surface area (Å²) in [6.45, 7) is 3.51. The van der Waals surface area contributed by atoms with E-state index in [2.05, 4.69) is 15.3 Å². The van der Waals surface area contributed by atoms with Crippen molar-refractivity contribution >= 4 is 16.9 Å². The highest BCUT2D eigenvalue weighted by Gasteiger charge is 2.27. The van der Waals surface area contributed by atoms with Crippen LogP contribution in [0.4, 0.5) is 0 Å². The normalized spacial score (nSPS) is 15.0. The predicted molar refractivity (Wildman–Crippen MR) is 93.3 cm³/mol. The van der Waals surface area contributed by atoms with Gasteiger partial charge in [0.1, 0.15) is 5.82 Å². The molecule has 124 valence electrons. The first kappa shape index (κ1) is 16.2. The smallest absolute Gasteiger partial charge is 0.223 e. The average molecular weight is 323 g/mol. The summed E-state index contributed by atoms with van der Waals surface area (Å²) in [6.07, 6.45) is -0.0123. The van der Waals surface area contributed by atoms with Crippen molar-refractivity contribution in [3.05, 3.63) is 66.0 Å². The van der Waals surface area contributed by atoms with Gasteiger partial charge in [-0.2, -0.15) is 0 Å². The van der Waals surface area contributed by atoms with Crippen LogP contribution in [0.5, 0.6) is 0 Å². The summed E-state index contributed by atoms with van der Waals surface area (Å²) in [5.41, 5.74) is 1.31. The van der Waals surface area contributed by atoms with Gasteiger partial charge in [-0.1, -0.05) is 42.5 Å². The first-order valence-electron chi connectivity index (χ1n) is 7.97. The second-order valence-electron chi connectivity index (χ2n) is 6.25. The molecular weight excluding hydrogens is 302 g/mol. The van der Waals surface area contributed by atoms with Crippen molar-refractivity contribution in [1.82, 2.24) is 15.3 Å². The summed E-state index contributed by atoms with van der Waals surface area (Å²) in [5, 5.41) is 13.5. The van der Waals surface area contributed by atoms with Crippen molar-refractivity contribution in [3.8, 4) is 0 Å². The van der Waals surface area contributed by atoms with Crippen molar-refractivity contribution in [2.24, 2.45) is 0 Å². The van der Waals surface area contributed by atoms with Crippen molar-refractivity contribution in [3.63, 3.8) is 0 Å². The number of carbonyl (C=O) groups excluding carboxylic acids is 1. The van der Waals surface area contributed by atoms with Crippen molar-refractivity contribution in [2.75, 3.05) is 0 Å². The number of amides is 1. The van der Waals surface area contributed by atoms with Gasteiger partial charge in [0.15, 0.2) is 0 Å². The minimum absolute atomic E-state index is 0.0123. The Balaban J connectivity index is 1.68. The maximum absolute atomic E-state index is 12.3. The molecule has 5 nitrogen and oxygen atoms in total. The number of rotatable bonds is 5. The van der Waals surface area contributed by atoms with E-state index in [9.17, 15) is 9.90 Å². The summed E-state index contributed by atoms with van der Waals surface area (Å²) in [4.78, 5) is 20.0. The fourth-order valence-electron chi connectivity index (χ4n) is 2.75. The molecule has 0 fully saturated rings. The quantitative estimate of drug-likeness (QED) is 0.675. The zero-order valence-corrected chi connectivity index (χ0v) is 13.8. The molecule has 2 atom stereocenters. The Bertz CT molecular complexity index is 807. The van der Waals surface area contributed by atoms with Crippen molar-refractivity contribution < 1.29 is 9.90 Å². The third-order valence-electron chi connectivity index (χ3n) is 4.10. The van der Waals surface area contributed by atoms with E-state index in [1.54, 1.807) is 6.92 Å². The van der Waals surface area contributed by atoms with Gasteiger partial charge >= 0.3 is 0 Å². The first-order chi connectivity index (χ1) is 11.5. The van der Waals surface area contributed by atoms with Gasteiger partial charge in [0.2, 0.25) is 5.91 Å². The molecule has 3 rings (SSSR count). The number of aliphatic hydroxyl groups is 1. The second kappa shape index (κ2) is 6.45. The molecule has 5 heteroatoms. The van der Waals surface area contributed by atoms with Crippen LogP contribution >= 0.6 is 0 Å². The fraction of sp³-hybridized carbons (Fsp3) is 0.263. The van der Waals surface area contributed by atoms with Gasteiger partial charge in [0, 0.05) is 0 Å². The van der Waals surface area contributed by atoms with Crippen molar-refractivity contribution in [2.45, 2.75) is 31.9 Å². The maximum Gasteiger partial charge on any atom is 0.223 e. The monoisotopic (exact) mass is 323 g/mol. The number of aromatic nitrogens is 2. The Labute approximate surface area is 140 Å². The average Bonchev–Trinajstić information content (AvgIpc) is 2.99. The molecule has 0 aliphatic rings. The minimum Gasteiger partial charge on any atom is -0.385 e. The molecule has 2 aromatic carbocycles. The molecule has 0 radical (unpaired) electrons. The lowest BCUT2D eigenvalue weighted by Gasteiger charge is -2.24. The lowest BCUT2D eigenvalue weighted by Crippen LogP contribution is -2.34. The number of nitrogens with one attached hydrogen (secondary N) is 2. The lowest BCUT2D eigenvalue weighted by atomic mass is 9.92. The van der Waals surface area contributed by atoms with Crippen LogP contribution < -0.4 is 5.32 Å². The van der Waals surface area contributed by atoms with Gasteiger partial charge in [-0.15, -0.1) is 0 Å². The van der Waals surface area contributed by atoms with E-state index in [1.807, 2.05) is 61.5 Å². The summed E-state index contributed by atoms with van der Waals surface area (Å²) in [6, 6.07) is 16.7. The third-order valence-corrected chi connectivity index (χ3v) is 4.10. The number of nitrogens with zero attached hydrogens (tertiary/aromatic N) is 1. The zero-order valence-electron chi connectivity index (χ0n) is 13.8.